The monoisotopic (exact) mass is 1530 g/mol. The number of aryl methyl sites for hydroxylation is 7. The Labute approximate surface area is 656 Å². The molecule has 0 aliphatic heterocycles. The fourth-order valence-corrected chi connectivity index (χ4v) is 11.1. The molecule has 0 atom stereocenters. The van der Waals surface area contributed by atoms with Crippen molar-refractivity contribution in [3.05, 3.63) is 338 Å². The molecule has 11 heteroatoms. The lowest BCUT2D eigenvalue weighted by Crippen LogP contribution is -2.06. The summed E-state index contributed by atoms with van der Waals surface area (Å²) in [7, 11) is 0. The van der Waals surface area contributed by atoms with E-state index in [2.05, 4.69) is 216 Å². The van der Waals surface area contributed by atoms with Crippen LogP contribution in [-0.4, -0.2) is 0 Å². The van der Waals surface area contributed by atoms with Crippen molar-refractivity contribution in [1.82, 2.24) is 0 Å². The van der Waals surface area contributed by atoms with Crippen LogP contribution in [0.4, 0.5) is 39.5 Å². The van der Waals surface area contributed by atoms with Crippen LogP contribution in [0.15, 0.2) is 194 Å². The maximum atomic E-state index is 13.0. The molecule has 0 saturated heterocycles. The van der Waals surface area contributed by atoms with Gasteiger partial charge in [0.05, 0.1) is 5.56 Å². The topological polar surface area (TPSA) is 0 Å². The highest BCUT2D eigenvalue weighted by atomic mass is 35.5. The second-order valence-electron chi connectivity index (χ2n) is 30.8. The van der Waals surface area contributed by atoms with Crippen LogP contribution >= 0.6 is 22.9 Å². The Morgan fingerprint density at radius 1 is 0.269 bits per heavy atom. The third kappa shape index (κ3) is 40.1. The lowest BCUT2D eigenvalue weighted by molar-refractivity contribution is -0.137. The van der Waals surface area contributed by atoms with Gasteiger partial charge >= 0.3 is 6.18 Å². The first kappa shape index (κ1) is 98.3. The summed E-state index contributed by atoms with van der Waals surface area (Å²) in [6, 6.07) is 59.5. The van der Waals surface area contributed by atoms with Crippen LogP contribution in [0.3, 0.4) is 0 Å². The van der Waals surface area contributed by atoms with Gasteiger partial charge in [0, 0.05) is 26.4 Å². The van der Waals surface area contributed by atoms with E-state index in [1.54, 1.807) is 32.0 Å². The summed E-state index contributed by atoms with van der Waals surface area (Å²) in [6.45, 7) is 57.0. The van der Waals surface area contributed by atoms with Crippen molar-refractivity contribution in [2.24, 2.45) is 0 Å². The van der Waals surface area contributed by atoms with Gasteiger partial charge in [0.2, 0.25) is 0 Å². The first-order valence-electron chi connectivity index (χ1n) is 37.8. The molecule has 590 valence electrons. The van der Waals surface area contributed by atoms with E-state index in [4.69, 9.17) is 11.6 Å². The van der Waals surface area contributed by atoms with Crippen LogP contribution < -0.4 is 0 Å². The van der Waals surface area contributed by atoms with Gasteiger partial charge in [0.1, 0.15) is 34.9 Å². The Kier molecular flexibility index (Phi) is 45.1. The molecule has 0 aliphatic carbocycles. The Bertz CT molecular complexity index is 3890. The third-order valence-corrected chi connectivity index (χ3v) is 18.7. The second-order valence-corrected chi connectivity index (χ2v) is 32.6. The van der Waals surface area contributed by atoms with Gasteiger partial charge in [-0.25, -0.2) is 26.3 Å². The predicted octanol–water partition coefficient (Wildman–Crippen LogP) is 33.1. The fraction of sp³-hybridized carbons (Fsp3) is 0.402. The Morgan fingerprint density at radius 2 is 0.602 bits per heavy atom. The highest BCUT2D eigenvalue weighted by molar-refractivity contribution is 7.12. The van der Waals surface area contributed by atoms with Crippen LogP contribution in [0.2, 0.25) is 5.02 Å². The van der Waals surface area contributed by atoms with Crippen LogP contribution in [0.5, 0.6) is 0 Å². The first-order chi connectivity index (χ1) is 50.1. The van der Waals surface area contributed by atoms with E-state index in [-0.39, 0.29) is 35.0 Å². The summed E-state index contributed by atoms with van der Waals surface area (Å²) in [5.74, 6) is 2.39. The van der Waals surface area contributed by atoms with Crippen LogP contribution in [-0.2, 0) is 6.18 Å². The third-order valence-electron chi connectivity index (χ3n) is 17.2. The van der Waals surface area contributed by atoms with E-state index in [9.17, 15) is 39.5 Å². The van der Waals surface area contributed by atoms with Crippen molar-refractivity contribution < 1.29 is 39.5 Å². The molecule has 1 aromatic heterocycles. The van der Waals surface area contributed by atoms with E-state index in [0.29, 0.717) is 58.1 Å². The zero-order valence-corrected chi connectivity index (χ0v) is 71.5. The average molecular weight is 1530 g/mol. The number of alkyl halides is 3. The van der Waals surface area contributed by atoms with Crippen molar-refractivity contribution >= 4 is 22.9 Å². The highest BCUT2D eigenvalue weighted by Gasteiger charge is 2.31. The van der Waals surface area contributed by atoms with Crippen LogP contribution in [0.1, 0.15) is 302 Å². The standard InChI is InChI=1S/C11H13F3.C10H13Cl.C10H12F2.2C10H13F.2C10H14.C9H10F2.C9H12.C8H12S/c1-7(2)9-4-8(3)5-10(6-9)11(12,13)14;1-7(2)9-4-8(3)5-10(11)6-9;1-6(2)8-4-9(11)7(3)10(12)5-8;1-7(2)9-4-8(3)5-10(11)6-9;1-7(2)9-4-5-10(11)8(3)6-9;2*1-8(2)10-6-4-9(3)5-7-10;1-6(2)7-3-8(10)5-9(11)4-7;1-8(2)9-6-4-3-5-7-9;1-6(2)8-5-4-7(3)9-8/h4-7H,1-3H3;4-7H,1-3H3;4-6H,1-3H3;2*4-7H,1-3H3;2*4-8H,1-3H3;3-6H,1-2H3;3-8H,1-2H3;4-6H,1-3H3. The van der Waals surface area contributed by atoms with Gasteiger partial charge in [0.25, 0.3) is 0 Å². The van der Waals surface area contributed by atoms with Gasteiger partial charge < -0.3 is 0 Å². The quantitative estimate of drug-likeness (QED) is 0.120. The molecule has 0 spiro atoms. The molecule has 0 bridgehead atoms. The zero-order valence-electron chi connectivity index (χ0n) is 69.9. The number of hydrogen-bond acceptors (Lipinski definition) is 1. The van der Waals surface area contributed by atoms with E-state index >= 15 is 0 Å². The number of hydrogen-bond donors (Lipinski definition) is 0. The molecule has 10 rings (SSSR count). The molecule has 0 radical (unpaired) electrons. The van der Waals surface area contributed by atoms with Crippen LogP contribution in [0, 0.1) is 90.3 Å². The first-order valence-corrected chi connectivity index (χ1v) is 39.0. The van der Waals surface area contributed by atoms with E-state index in [1.807, 2.05) is 96.2 Å². The maximum absolute atomic E-state index is 13.0. The van der Waals surface area contributed by atoms with Gasteiger partial charge in [-0.3, -0.25) is 0 Å². The van der Waals surface area contributed by atoms with Gasteiger partial charge in [0.15, 0.2) is 0 Å². The number of halogens is 10. The largest absolute Gasteiger partial charge is 0.416 e. The van der Waals surface area contributed by atoms with Crippen molar-refractivity contribution in [3.8, 4) is 0 Å². The van der Waals surface area contributed by atoms with Crippen molar-refractivity contribution in [1.29, 1.82) is 0 Å². The van der Waals surface area contributed by atoms with E-state index in [0.717, 1.165) is 33.3 Å². The molecule has 108 heavy (non-hydrogen) atoms. The van der Waals surface area contributed by atoms with Gasteiger partial charge in [-0.05, 0) is 260 Å². The van der Waals surface area contributed by atoms with Gasteiger partial charge in [-0.15, -0.1) is 11.3 Å². The summed E-state index contributed by atoms with van der Waals surface area (Å²) in [6.07, 6.45) is -4.24. The summed E-state index contributed by atoms with van der Waals surface area (Å²) < 4.78 is 114. The van der Waals surface area contributed by atoms with Gasteiger partial charge in [-0.1, -0.05) is 276 Å². The van der Waals surface area contributed by atoms with Gasteiger partial charge in [-0.2, -0.15) is 13.2 Å². The molecule has 0 saturated carbocycles. The zero-order chi connectivity index (χ0) is 82.6. The normalized spacial score (nSPS) is 10.8. The molecular formula is C97H126ClF9S. The minimum atomic E-state index is -4.24. The SMILES string of the molecule is CC(C)c1cc(F)cc(F)c1.CC(C)c1ccccc1.Cc1c(F)cc(C(C)C)cc1F.Cc1cc(C(C)C)cc(C(F)(F)F)c1.Cc1cc(C(C)C)ccc1F.Cc1cc(Cl)cc(C(C)C)c1.Cc1cc(F)cc(C(C)C)c1.Cc1ccc(C(C)C)cc1.Cc1ccc(C(C)C)cc1.Cc1ccc(C(C)C)s1. The molecule has 9 aromatic carbocycles. The molecule has 0 aliphatic rings. The lowest BCUT2D eigenvalue weighted by Gasteiger charge is -2.12. The molecule has 0 fully saturated rings. The molecule has 0 unspecified atom stereocenters. The van der Waals surface area contributed by atoms with Crippen molar-refractivity contribution in [3.63, 3.8) is 0 Å². The number of thiophene rings is 1. The van der Waals surface area contributed by atoms with E-state index in [1.165, 1.54) is 104 Å². The molecule has 0 amide bonds. The Balaban J connectivity index is 0.000000601. The minimum Gasteiger partial charge on any atom is -0.207 e. The Hall–Kier alpha value is -7.66. The maximum Gasteiger partial charge on any atom is 0.416 e. The molecule has 1 heterocycles. The predicted molar refractivity (Wildman–Crippen MR) is 451 cm³/mol. The number of benzene rings is 9. The fourth-order valence-electron chi connectivity index (χ4n) is 9.94. The minimum absolute atomic E-state index is 0.0967. The smallest absolute Gasteiger partial charge is 0.207 e. The summed E-state index contributed by atoms with van der Waals surface area (Å²) in [5.41, 5.74) is 15.8. The van der Waals surface area contributed by atoms with Crippen LogP contribution in [0.25, 0.3) is 0 Å². The number of rotatable bonds is 10. The highest BCUT2D eigenvalue weighted by Crippen LogP contribution is 2.33. The van der Waals surface area contributed by atoms with Crippen molar-refractivity contribution in [2.75, 3.05) is 0 Å². The lowest BCUT2D eigenvalue weighted by atomic mass is 9.98. The Morgan fingerprint density at radius 3 is 0.926 bits per heavy atom. The summed E-state index contributed by atoms with van der Waals surface area (Å²) in [4.78, 5) is 2.91. The molecule has 0 N–H and O–H groups in total. The molecule has 10 aromatic rings. The van der Waals surface area contributed by atoms with E-state index < -0.39 is 35.0 Å². The summed E-state index contributed by atoms with van der Waals surface area (Å²) in [5, 5.41) is 0.841. The molecule has 0 nitrogen and oxygen atoms in total. The molecular weight excluding hydrogens is 1400 g/mol. The second kappa shape index (κ2) is 49.5. The van der Waals surface area contributed by atoms with Crippen molar-refractivity contribution in [2.45, 2.75) is 259 Å². The average Bonchev–Trinajstić information content (AvgIpc) is 1.27. The summed E-state index contributed by atoms with van der Waals surface area (Å²) >= 11 is 7.79.